The lowest BCUT2D eigenvalue weighted by Crippen LogP contribution is -2.36. The van der Waals surface area contributed by atoms with Crippen LogP contribution in [0.15, 0.2) is 53.0 Å². The quantitative estimate of drug-likeness (QED) is 0.705. The molecule has 3 rings (SSSR count). The third-order valence-electron chi connectivity index (χ3n) is 3.30. The minimum Gasteiger partial charge on any atom is -0.491 e. The van der Waals surface area contributed by atoms with Crippen LogP contribution < -0.4 is 9.46 Å². The molecule has 3 aromatic rings. The van der Waals surface area contributed by atoms with Crippen molar-refractivity contribution in [2.45, 2.75) is 17.2 Å². The highest BCUT2D eigenvalue weighted by atomic mass is 35.5. The summed E-state index contributed by atoms with van der Waals surface area (Å²) in [4.78, 5) is 4.08. The standard InChI is InChI=1S/C16H15ClN2O3S2/c1-11(19-24(20,21)16-6-5-15(17)23-16)10-22-14-4-2-3-12-9-18-8-7-13(12)14/h2-9,11,19H,10H2,1H3/t11-/m0/s1. The van der Waals surface area contributed by atoms with E-state index < -0.39 is 16.1 Å². The summed E-state index contributed by atoms with van der Waals surface area (Å²) in [6, 6.07) is 10.2. The predicted octanol–water partition coefficient (Wildman–Crippen LogP) is 3.70. The summed E-state index contributed by atoms with van der Waals surface area (Å²) in [6.45, 7) is 1.96. The fourth-order valence-electron chi connectivity index (χ4n) is 2.23. The number of hydrogen-bond acceptors (Lipinski definition) is 5. The maximum absolute atomic E-state index is 12.3. The van der Waals surface area contributed by atoms with Crippen molar-refractivity contribution in [3.8, 4) is 5.75 Å². The molecule has 0 saturated heterocycles. The van der Waals surface area contributed by atoms with Gasteiger partial charge >= 0.3 is 0 Å². The van der Waals surface area contributed by atoms with Crippen molar-refractivity contribution in [3.05, 3.63) is 53.1 Å². The van der Waals surface area contributed by atoms with Crippen molar-refractivity contribution in [2.24, 2.45) is 0 Å². The molecular formula is C16H15ClN2O3S2. The van der Waals surface area contributed by atoms with Crippen molar-refractivity contribution in [1.82, 2.24) is 9.71 Å². The molecule has 0 aliphatic heterocycles. The predicted molar refractivity (Wildman–Crippen MR) is 96.4 cm³/mol. The minimum absolute atomic E-state index is 0.190. The molecule has 24 heavy (non-hydrogen) atoms. The van der Waals surface area contributed by atoms with Gasteiger partial charge in [0.1, 0.15) is 16.6 Å². The molecule has 1 atom stereocenters. The zero-order valence-electron chi connectivity index (χ0n) is 12.8. The van der Waals surface area contributed by atoms with Crippen LogP contribution in [0.4, 0.5) is 0 Å². The Morgan fingerprint density at radius 2 is 2.12 bits per heavy atom. The fourth-order valence-corrected chi connectivity index (χ4v) is 4.96. The first-order chi connectivity index (χ1) is 11.5. The Kier molecular flexibility index (Phi) is 5.05. The van der Waals surface area contributed by atoms with E-state index in [4.69, 9.17) is 16.3 Å². The van der Waals surface area contributed by atoms with E-state index in [9.17, 15) is 8.42 Å². The largest absolute Gasteiger partial charge is 0.491 e. The van der Waals surface area contributed by atoms with Crippen LogP contribution in [-0.2, 0) is 10.0 Å². The molecule has 0 saturated carbocycles. The number of sulfonamides is 1. The van der Waals surface area contributed by atoms with E-state index in [-0.39, 0.29) is 10.8 Å². The number of fused-ring (bicyclic) bond motifs is 1. The summed E-state index contributed by atoms with van der Waals surface area (Å²) in [5.41, 5.74) is 0. The van der Waals surface area contributed by atoms with Gasteiger partial charge < -0.3 is 4.74 Å². The highest BCUT2D eigenvalue weighted by Gasteiger charge is 2.20. The maximum atomic E-state index is 12.3. The normalized spacial score (nSPS) is 13.1. The Balaban J connectivity index is 1.68. The first-order valence-corrected chi connectivity index (χ1v) is 9.87. The Morgan fingerprint density at radius 3 is 2.88 bits per heavy atom. The van der Waals surface area contributed by atoms with Crippen LogP contribution in [0, 0.1) is 0 Å². The van der Waals surface area contributed by atoms with Crippen LogP contribution in [0.2, 0.25) is 4.34 Å². The molecule has 0 radical (unpaired) electrons. The van der Waals surface area contributed by atoms with E-state index >= 15 is 0 Å². The van der Waals surface area contributed by atoms with Crippen molar-refractivity contribution in [2.75, 3.05) is 6.61 Å². The van der Waals surface area contributed by atoms with Crippen LogP contribution in [0.5, 0.6) is 5.75 Å². The summed E-state index contributed by atoms with van der Waals surface area (Å²) in [5, 5.41) is 1.91. The van der Waals surface area contributed by atoms with E-state index in [2.05, 4.69) is 9.71 Å². The monoisotopic (exact) mass is 382 g/mol. The average Bonchev–Trinajstić information content (AvgIpc) is 3.00. The van der Waals surface area contributed by atoms with Gasteiger partial charge in [-0.05, 0) is 31.2 Å². The molecule has 5 nitrogen and oxygen atoms in total. The number of rotatable bonds is 6. The molecule has 0 bridgehead atoms. The molecule has 2 aromatic heterocycles. The zero-order chi connectivity index (χ0) is 17.2. The van der Waals surface area contributed by atoms with Crippen LogP contribution >= 0.6 is 22.9 Å². The second-order valence-electron chi connectivity index (χ2n) is 5.24. The van der Waals surface area contributed by atoms with Crippen LogP contribution in [0.25, 0.3) is 10.8 Å². The Hall–Kier alpha value is -1.67. The van der Waals surface area contributed by atoms with E-state index in [0.717, 1.165) is 22.1 Å². The topological polar surface area (TPSA) is 68.3 Å². The lowest BCUT2D eigenvalue weighted by molar-refractivity contribution is 0.290. The first kappa shape index (κ1) is 17.2. The van der Waals surface area contributed by atoms with Gasteiger partial charge in [-0.2, -0.15) is 0 Å². The van der Waals surface area contributed by atoms with Gasteiger partial charge in [0, 0.05) is 23.2 Å². The second-order valence-corrected chi connectivity index (χ2v) is 8.90. The molecule has 0 spiro atoms. The van der Waals surface area contributed by atoms with Crippen molar-refractivity contribution in [1.29, 1.82) is 0 Å². The van der Waals surface area contributed by atoms with Gasteiger partial charge in [-0.15, -0.1) is 11.3 Å². The van der Waals surface area contributed by atoms with Gasteiger partial charge in [0.15, 0.2) is 0 Å². The zero-order valence-corrected chi connectivity index (χ0v) is 15.2. The van der Waals surface area contributed by atoms with Crippen LogP contribution in [0.1, 0.15) is 6.92 Å². The summed E-state index contributed by atoms with van der Waals surface area (Å²) in [5.74, 6) is 0.695. The van der Waals surface area contributed by atoms with Gasteiger partial charge in [0.25, 0.3) is 0 Å². The Bertz CT molecular complexity index is 951. The molecule has 1 N–H and O–H groups in total. The number of hydrogen-bond donors (Lipinski definition) is 1. The summed E-state index contributed by atoms with van der Waals surface area (Å²) < 4.78 is 33.5. The number of ether oxygens (including phenoxy) is 1. The van der Waals surface area contributed by atoms with Crippen molar-refractivity contribution in [3.63, 3.8) is 0 Å². The van der Waals surface area contributed by atoms with Crippen LogP contribution in [-0.4, -0.2) is 26.1 Å². The third-order valence-corrected chi connectivity index (χ3v) is 6.61. The van der Waals surface area contributed by atoms with Gasteiger partial charge in [0.2, 0.25) is 10.0 Å². The van der Waals surface area contributed by atoms with Gasteiger partial charge in [-0.25, -0.2) is 13.1 Å². The molecule has 126 valence electrons. The number of aromatic nitrogens is 1. The fraction of sp³-hybridized carbons (Fsp3) is 0.188. The average molecular weight is 383 g/mol. The Labute approximate surface area is 149 Å². The molecule has 0 amide bonds. The molecule has 0 fully saturated rings. The molecule has 2 heterocycles. The summed E-state index contributed by atoms with van der Waals surface area (Å²) >= 11 is 6.82. The summed E-state index contributed by atoms with van der Waals surface area (Å²) in [7, 11) is -3.59. The van der Waals surface area contributed by atoms with Crippen molar-refractivity contribution >= 4 is 43.7 Å². The van der Waals surface area contributed by atoms with E-state index in [1.807, 2.05) is 24.3 Å². The van der Waals surface area contributed by atoms with Gasteiger partial charge in [0.05, 0.1) is 10.4 Å². The number of nitrogens with zero attached hydrogens (tertiary/aromatic N) is 1. The number of pyridine rings is 1. The number of nitrogens with one attached hydrogen (secondary N) is 1. The second kappa shape index (κ2) is 7.06. The van der Waals surface area contributed by atoms with Gasteiger partial charge in [-0.1, -0.05) is 23.7 Å². The van der Waals surface area contributed by atoms with Crippen molar-refractivity contribution < 1.29 is 13.2 Å². The highest BCUT2D eigenvalue weighted by Crippen LogP contribution is 2.26. The van der Waals surface area contributed by atoms with Crippen LogP contribution in [0.3, 0.4) is 0 Å². The van der Waals surface area contributed by atoms with E-state index in [0.29, 0.717) is 10.1 Å². The molecule has 8 heteroatoms. The first-order valence-electron chi connectivity index (χ1n) is 7.19. The Morgan fingerprint density at radius 1 is 1.29 bits per heavy atom. The molecule has 0 aliphatic carbocycles. The summed E-state index contributed by atoms with van der Waals surface area (Å²) in [6.07, 6.45) is 3.46. The molecule has 0 unspecified atom stereocenters. The molecule has 1 aromatic carbocycles. The molecular weight excluding hydrogens is 368 g/mol. The minimum atomic E-state index is -3.59. The van der Waals surface area contributed by atoms with E-state index in [1.54, 1.807) is 25.4 Å². The van der Waals surface area contributed by atoms with Gasteiger partial charge in [-0.3, -0.25) is 4.98 Å². The SMILES string of the molecule is C[C@@H](COc1cccc2cnccc12)NS(=O)(=O)c1ccc(Cl)s1. The molecule has 0 aliphatic rings. The van der Waals surface area contributed by atoms with E-state index in [1.165, 1.54) is 6.07 Å². The smallest absolute Gasteiger partial charge is 0.250 e. The number of halogens is 1. The highest BCUT2D eigenvalue weighted by molar-refractivity contribution is 7.91. The maximum Gasteiger partial charge on any atom is 0.250 e. The third kappa shape index (κ3) is 3.87. The number of benzene rings is 1. The lowest BCUT2D eigenvalue weighted by Gasteiger charge is -2.15. The lowest BCUT2D eigenvalue weighted by atomic mass is 10.1. The number of thiophene rings is 1.